The minimum atomic E-state index is 0.0844. The number of aryl methyl sites for hydroxylation is 1. The van der Waals surface area contributed by atoms with Crippen molar-refractivity contribution in [2.45, 2.75) is 18.1 Å². The SMILES string of the molecule is Cc1ccc(-c2nnc(SCC(=O)N3CCN(C(c4ccccc4)c4ccccc4)CC3)n2-c2ccc(Cl)c(Cl)c2)cc1. The van der Waals surface area contributed by atoms with Gasteiger partial charge in [-0.1, -0.05) is 125 Å². The molecule has 6 nitrogen and oxygen atoms in total. The molecule has 0 unspecified atom stereocenters. The lowest BCUT2D eigenvalue weighted by Gasteiger charge is -2.39. The van der Waals surface area contributed by atoms with Gasteiger partial charge in [-0.05, 0) is 36.2 Å². The van der Waals surface area contributed by atoms with Crippen LogP contribution in [0.3, 0.4) is 0 Å². The largest absolute Gasteiger partial charge is 0.339 e. The predicted octanol–water partition coefficient (Wildman–Crippen LogP) is 7.58. The Balaban J connectivity index is 1.17. The Bertz CT molecular complexity index is 1650. The van der Waals surface area contributed by atoms with Crippen LogP contribution in [-0.2, 0) is 4.79 Å². The van der Waals surface area contributed by atoms with Crippen molar-refractivity contribution in [1.29, 1.82) is 0 Å². The molecule has 4 aromatic carbocycles. The third-order valence-electron chi connectivity index (χ3n) is 7.69. The Kier molecular flexibility index (Phi) is 9.14. The second kappa shape index (κ2) is 13.3. The van der Waals surface area contributed by atoms with Crippen LogP contribution < -0.4 is 0 Å². The highest BCUT2D eigenvalue weighted by atomic mass is 35.5. The van der Waals surface area contributed by atoms with Crippen molar-refractivity contribution in [1.82, 2.24) is 24.6 Å². The standard InChI is InChI=1S/C34H31Cl2N5OS/c1-24-12-14-27(15-13-24)33-37-38-34(41(33)28-16-17-29(35)30(36)22-28)43-23-31(42)39-18-20-40(21-19-39)32(25-8-4-2-5-9-25)26-10-6-3-7-11-26/h2-17,22,32H,18-21,23H2,1H3. The first-order valence-electron chi connectivity index (χ1n) is 14.2. The van der Waals surface area contributed by atoms with Gasteiger partial charge < -0.3 is 4.90 Å². The molecular weight excluding hydrogens is 597 g/mol. The first-order valence-corrected chi connectivity index (χ1v) is 15.9. The molecule has 1 saturated heterocycles. The highest BCUT2D eigenvalue weighted by Crippen LogP contribution is 2.33. The first kappa shape index (κ1) is 29.5. The Hall–Kier alpha value is -3.62. The van der Waals surface area contributed by atoms with Gasteiger partial charge in [0.05, 0.1) is 27.5 Å². The lowest BCUT2D eigenvalue weighted by atomic mass is 9.96. The van der Waals surface area contributed by atoms with E-state index in [0.717, 1.165) is 29.9 Å². The Labute approximate surface area is 266 Å². The predicted molar refractivity (Wildman–Crippen MR) is 175 cm³/mol. The monoisotopic (exact) mass is 627 g/mol. The van der Waals surface area contributed by atoms with Gasteiger partial charge in [0.15, 0.2) is 11.0 Å². The molecule has 1 aromatic heterocycles. The van der Waals surface area contributed by atoms with Crippen LogP contribution >= 0.6 is 35.0 Å². The molecule has 1 fully saturated rings. The summed E-state index contributed by atoms with van der Waals surface area (Å²) in [6.45, 7) is 4.97. The van der Waals surface area contributed by atoms with Gasteiger partial charge in [0.1, 0.15) is 0 Å². The minimum Gasteiger partial charge on any atom is -0.339 e. The van der Waals surface area contributed by atoms with Crippen molar-refractivity contribution < 1.29 is 4.79 Å². The average molecular weight is 629 g/mol. The molecule has 0 radical (unpaired) electrons. The number of halogens is 2. The maximum Gasteiger partial charge on any atom is 0.233 e. The third kappa shape index (κ3) is 6.65. The zero-order valence-electron chi connectivity index (χ0n) is 23.7. The fourth-order valence-corrected chi connectivity index (χ4v) is 6.59. The van der Waals surface area contributed by atoms with E-state index in [4.69, 9.17) is 23.2 Å². The molecule has 2 heterocycles. The van der Waals surface area contributed by atoms with Crippen molar-refractivity contribution in [3.8, 4) is 17.1 Å². The molecule has 43 heavy (non-hydrogen) atoms. The van der Waals surface area contributed by atoms with Crippen LogP contribution in [0.15, 0.2) is 108 Å². The molecule has 0 atom stereocenters. The zero-order chi connectivity index (χ0) is 29.8. The van der Waals surface area contributed by atoms with E-state index in [1.165, 1.54) is 22.9 Å². The van der Waals surface area contributed by atoms with E-state index >= 15 is 0 Å². The van der Waals surface area contributed by atoms with Crippen LogP contribution in [-0.4, -0.2) is 62.4 Å². The van der Waals surface area contributed by atoms with Crippen molar-refractivity contribution in [2.24, 2.45) is 0 Å². The molecule has 9 heteroatoms. The summed E-state index contributed by atoms with van der Waals surface area (Å²) in [7, 11) is 0. The molecule has 1 aliphatic rings. The minimum absolute atomic E-state index is 0.0844. The van der Waals surface area contributed by atoms with Gasteiger partial charge in [0, 0.05) is 31.7 Å². The van der Waals surface area contributed by atoms with E-state index in [1.54, 1.807) is 12.1 Å². The number of aromatic nitrogens is 3. The summed E-state index contributed by atoms with van der Waals surface area (Å²) >= 11 is 14.0. The number of carbonyl (C=O) groups is 1. The summed E-state index contributed by atoms with van der Waals surface area (Å²) in [5.74, 6) is 1.02. The summed E-state index contributed by atoms with van der Waals surface area (Å²) in [6.07, 6.45) is 0. The van der Waals surface area contributed by atoms with Gasteiger partial charge >= 0.3 is 0 Å². The molecule has 0 saturated carbocycles. The first-order chi connectivity index (χ1) is 21.0. The number of rotatable bonds is 8. The van der Waals surface area contributed by atoms with E-state index in [9.17, 15) is 4.79 Å². The third-order valence-corrected chi connectivity index (χ3v) is 9.34. The topological polar surface area (TPSA) is 54.3 Å². The number of hydrogen-bond acceptors (Lipinski definition) is 5. The molecule has 0 aliphatic carbocycles. The average Bonchev–Trinajstić information content (AvgIpc) is 3.47. The lowest BCUT2D eigenvalue weighted by molar-refractivity contribution is -0.130. The molecule has 1 amide bonds. The summed E-state index contributed by atoms with van der Waals surface area (Å²) in [5.41, 5.74) is 5.38. The molecule has 0 N–H and O–H groups in total. The molecule has 5 aromatic rings. The summed E-state index contributed by atoms with van der Waals surface area (Å²) in [4.78, 5) is 17.9. The van der Waals surface area contributed by atoms with Crippen LogP contribution in [0.25, 0.3) is 17.1 Å². The number of nitrogens with zero attached hydrogens (tertiary/aromatic N) is 5. The van der Waals surface area contributed by atoms with Crippen LogP contribution in [0.4, 0.5) is 0 Å². The van der Waals surface area contributed by atoms with Crippen LogP contribution in [0.5, 0.6) is 0 Å². The van der Waals surface area contributed by atoms with E-state index in [-0.39, 0.29) is 17.7 Å². The fraction of sp³-hybridized carbons (Fsp3) is 0.206. The van der Waals surface area contributed by atoms with E-state index in [0.29, 0.717) is 34.1 Å². The Morgan fingerprint density at radius 3 is 2.02 bits per heavy atom. The van der Waals surface area contributed by atoms with Crippen molar-refractivity contribution in [3.05, 3.63) is 130 Å². The van der Waals surface area contributed by atoms with Gasteiger partial charge in [-0.3, -0.25) is 14.3 Å². The maximum atomic E-state index is 13.4. The number of thioether (sulfide) groups is 1. The molecule has 0 spiro atoms. The fourth-order valence-electron chi connectivity index (χ4n) is 5.44. The van der Waals surface area contributed by atoms with E-state index in [2.05, 4.69) is 63.6 Å². The van der Waals surface area contributed by atoms with Gasteiger partial charge in [-0.15, -0.1) is 10.2 Å². The normalized spacial score (nSPS) is 13.9. The number of benzene rings is 4. The van der Waals surface area contributed by atoms with Crippen LogP contribution in [0, 0.1) is 6.92 Å². The maximum absolute atomic E-state index is 13.4. The van der Waals surface area contributed by atoms with E-state index in [1.807, 2.05) is 58.9 Å². The number of carbonyl (C=O) groups excluding carboxylic acids is 1. The van der Waals surface area contributed by atoms with Gasteiger partial charge in [-0.25, -0.2) is 0 Å². The van der Waals surface area contributed by atoms with Gasteiger partial charge in [0.25, 0.3) is 0 Å². The van der Waals surface area contributed by atoms with Crippen LogP contribution in [0.2, 0.25) is 10.0 Å². The second-order valence-electron chi connectivity index (χ2n) is 10.5. The molecule has 218 valence electrons. The zero-order valence-corrected chi connectivity index (χ0v) is 26.1. The molecule has 6 rings (SSSR count). The highest BCUT2D eigenvalue weighted by molar-refractivity contribution is 7.99. The van der Waals surface area contributed by atoms with Crippen molar-refractivity contribution in [2.75, 3.05) is 31.9 Å². The Morgan fingerprint density at radius 2 is 1.42 bits per heavy atom. The molecule has 0 bridgehead atoms. The summed E-state index contributed by atoms with van der Waals surface area (Å²) in [6, 6.07) is 34.9. The summed E-state index contributed by atoms with van der Waals surface area (Å²) in [5, 5.41) is 10.5. The Morgan fingerprint density at radius 1 is 0.791 bits per heavy atom. The number of amides is 1. The van der Waals surface area contributed by atoms with Crippen LogP contribution in [0.1, 0.15) is 22.7 Å². The summed E-state index contributed by atoms with van der Waals surface area (Å²) < 4.78 is 1.94. The number of hydrogen-bond donors (Lipinski definition) is 0. The molecular formula is C34H31Cl2N5OS. The highest BCUT2D eigenvalue weighted by Gasteiger charge is 2.28. The second-order valence-corrected chi connectivity index (χ2v) is 12.3. The van der Waals surface area contributed by atoms with Crippen molar-refractivity contribution in [3.63, 3.8) is 0 Å². The number of piperazine rings is 1. The molecule has 1 aliphatic heterocycles. The van der Waals surface area contributed by atoms with Gasteiger partial charge in [-0.2, -0.15) is 0 Å². The smallest absolute Gasteiger partial charge is 0.233 e. The lowest BCUT2D eigenvalue weighted by Crippen LogP contribution is -2.50. The van der Waals surface area contributed by atoms with Gasteiger partial charge in [0.2, 0.25) is 5.91 Å². The quantitative estimate of drug-likeness (QED) is 0.166. The van der Waals surface area contributed by atoms with E-state index < -0.39 is 0 Å². The van der Waals surface area contributed by atoms with Crippen molar-refractivity contribution >= 4 is 40.9 Å².